The standard InChI is InChI=1S/C23H32N4O4/c1-16(21(28)30-5)13-17-14-24-26(15-17)12-10-19-9-8-18-7-6-11-27(20(18)25-19)22(29)31-23(2,3)4/h8-9,14-16H,6-7,10-13H2,1-5H3. The molecule has 0 saturated heterocycles. The smallest absolute Gasteiger partial charge is 0.416 e. The SMILES string of the molecule is COC(=O)C(C)Cc1cnn(CCc2ccc3c(n2)N(C(=O)OC(C)(C)C)CCC3)c1. The van der Waals surface area contributed by atoms with Crippen LogP contribution in [0.3, 0.4) is 0 Å². The Balaban J connectivity index is 1.65. The van der Waals surface area contributed by atoms with Gasteiger partial charge in [-0.05, 0) is 57.2 Å². The Morgan fingerprint density at radius 3 is 2.74 bits per heavy atom. The Labute approximate surface area is 183 Å². The number of amides is 1. The van der Waals surface area contributed by atoms with E-state index in [1.165, 1.54) is 7.11 Å². The molecule has 1 atom stereocenters. The van der Waals surface area contributed by atoms with Gasteiger partial charge in [0.05, 0.1) is 19.2 Å². The Hall–Kier alpha value is -2.90. The third-order valence-electron chi connectivity index (χ3n) is 5.14. The van der Waals surface area contributed by atoms with Crippen molar-refractivity contribution in [3.8, 4) is 0 Å². The second-order valence-electron chi connectivity index (χ2n) is 9.01. The third-order valence-corrected chi connectivity index (χ3v) is 5.14. The van der Waals surface area contributed by atoms with Crippen molar-refractivity contribution in [1.29, 1.82) is 0 Å². The molecule has 0 bridgehead atoms. The van der Waals surface area contributed by atoms with E-state index < -0.39 is 5.60 Å². The van der Waals surface area contributed by atoms with E-state index in [4.69, 9.17) is 14.5 Å². The highest BCUT2D eigenvalue weighted by molar-refractivity contribution is 5.88. The van der Waals surface area contributed by atoms with E-state index in [2.05, 4.69) is 11.2 Å². The van der Waals surface area contributed by atoms with Crippen LogP contribution in [0.2, 0.25) is 0 Å². The van der Waals surface area contributed by atoms with E-state index in [0.29, 0.717) is 31.7 Å². The first kappa shape index (κ1) is 22.8. The predicted molar refractivity (Wildman–Crippen MR) is 117 cm³/mol. The maximum atomic E-state index is 12.6. The van der Waals surface area contributed by atoms with E-state index in [-0.39, 0.29) is 18.0 Å². The summed E-state index contributed by atoms with van der Waals surface area (Å²) in [5.41, 5.74) is 2.41. The fourth-order valence-electron chi connectivity index (χ4n) is 3.61. The number of esters is 1. The zero-order chi connectivity index (χ0) is 22.6. The minimum atomic E-state index is -0.546. The number of fused-ring (bicyclic) bond motifs is 1. The van der Waals surface area contributed by atoms with Gasteiger partial charge in [0.25, 0.3) is 0 Å². The van der Waals surface area contributed by atoms with Crippen LogP contribution < -0.4 is 4.90 Å². The Morgan fingerprint density at radius 2 is 2.03 bits per heavy atom. The van der Waals surface area contributed by atoms with Crippen molar-refractivity contribution >= 4 is 17.9 Å². The molecule has 168 valence electrons. The number of carbonyl (C=O) groups excluding carboxylic acids is 2. The Kier molecular flexibility index (Phi) is 6.97. The number of rotatable bonds is 6. The Bertz CT molecular complexity index is 932. The molecular weight excluding hydrogens is 396 g/mol. The fraction of sp³-hybridized carbons (Fsp3) is 0.565. The van der Waals surface area contributed by atoms with Crippen LogP contribution in [0.5, 0.6) is 0 Å². The molecule has 0 saturated carbocycles. The Morgan fingerprint density at radius 1 is 1.26 bits per heavy atom. The molecule has 2 aromatic rings. The van der Waals surface area contributed by atoms with Crippen molar-refractivity contribution in [3.63, 3.8) is 0 Å². The summed E-state index contributed by atoms with van der Waals surface area (Å²) >= 11 is 0. The molecule has 0 fully saturated rings. The van der Waals surface area contributed by atoms with Crippen molar-refractivity contribution in [3.05, 3.63) is 41.3 Å². The van der Waals surface area contributed by atoms with Crippen LogP contribution in [0, 0.1) is 5.92 Å². The van der Waals surface area contributed by atoms with Gasteiger partial charge in [0.1, 0.15) is 11.4 Å². The van der Waals surface area contributed by atoms with Gasteiger partial charge < -0.3 is 9.47 Å². The van der Waals surface area contributed by atoms with Crippen molar-refractivity contribution in [2.75, 3.05) is 18.6 Å². The number of hydrogen-bond acceptors (Lipinski definition) is 6. The minimum Gasteiger partial charge on any atom is -0.469 e. The van der Waals surface area contributed by atoms with Gasteiger partial charge in [-0.1, -0.05) is 13.0 Å². The topological polar surface area (TPSA) is 86.5 Å². The van der Waals surface area contributed by atoms with Crippen LogP contribution >= 0.6 is 0 Å². The van der Waals surface area contributed by atoms with Gasteiger partial charge in [-0.25, -0.2) is 9.78 Å². The van der Waals surface area contributed by atoms with Gasteiger partial charge in [0.15, 0.2) is 0 Å². The zero-order valence-corrected chi connectivity index (χ0v) is 19.1. The molecule has 8 nitrogen and oxygen atoms in total. The minimum absolute atomic E-state index is 0.205. The number of methoxy groups -OCH3 is 1. The average molecular weight is 429 g/mol. The fourth-order valence-corrected chi connectivity index (χ4v) is 3.61. The summed E-state index contributed by atoms with van der Waals surface area (Å²) in [4.78, 5) is 30.7. The number of ether oxygens (including phenoxy) is 2. The number of aryl methyl sites for hydroxylation is 3. The van der Waals surface area contributed by atoms with Crippen molar-refractivity contribution in [2.24, 2.45) is 5.92 Å². The van der Waals surface area contributed by atoms with Crippen molar-refractivity contribution in [2.45, 2.75) is 65.5 Å². The summed E-state index contributed by atoms with van der Waals surface area (Å²) in [5, 5.41) is 4.39. The number of pyridine rings is 1. The molecule has 2 aromatic heterocycles. The molecule has 1 amide bonds. The average Bonchev–Trinajstić information content (AvgIpc) is 3.16. The molecule has 0 aromatic carbocycles. The molecule has 1 unspecified atom stereocenters. The van der Waals surface area contributed by atoms with Crippen LogP contribution in [0.4, 0.5) is 10.6 Å². The summed E-state index contributed by atoms with van der Waals surface area (Å²) in [6.45, 7) is 8.71. The second-order valence-corrected chi connectivity index (χ2v) is 9.01. The highest BCUT2D eigenvalue weighted by Gasteiger charge is 2.28. The van der Waals surface area contributed by atoms with Gasteiger partial charge in [-0.3, -0.25) is 14.4 Å². The zero-order valence-electron chi connectivity index (χ0n) is 19.1. The maximum Gasteiger partial charge on any atom is 0.416 e. The molecule has 1 aliphatic rings. The summed E-state index contributed by atoms with van der Waals surface area (Å²) in [6, 6.07) is 4.07. The quantitative estimate of drug-likeness (QED) is 0.654. The number of nitrogens with zero attached hydrogens (tertiary/aromatic N) is 4. The van der Waals surface area contributed by atoms with E-state index >= 15 is 0 Å². The highest BCUT2D eigenvalue weighted by atomic mass is 16.6. The van der Waals surface area contributed by atoms with Crippen LogP contribution in [0.25, 0.3) is 0 Å². The molecule has 31 heavy (non-hydrogen) atoms. The van der Waals surface area contributed by atoms with Gasteiger partial charge in [0.2, 0.25) is 0 Å². The molecule has 0 radical (unpaired) electrons. The highest BCUT2D eigenvalue weighted by Crippen LogP contribution is 2.27. The van der Waals surface area contributed by atoms with E-state index in [9.17, 15) is 9.59 Å². The van der Waals surface area contributed by atoms with E-state index in [1.54, 1.807) is 11.1 Å². The molecule has 0 N–H and O–H groups in total. The lowest BCUT2D eigenvalue weighted by Crippen LogP contribution is -2.40. The molecule has 3 heterocycles. The first-order valence-corrected chi connectivity index (χ1v) is 10.7. The number of aromatic nitrogens is 3. The first-order chi connectivity index (χ1) is 14.7. The lowest BCUT2D eigenvalue weighted by Gasteiger charge is -2.31. The molecule has 3 rings (SSSR count). The second kappa shape index (κ2) is 9.49. The number of anilines is 1. The van der Waals surface area contributed by atoms with Crippen molar-refractivity contribution in [1.82, 2.24) is 14.8 Å². The van der Waals surface area contributed by atoms with Gasteiger partial charge in [0, 0.05) is 31.4 Å². The van der Waals surface area contributed by atoms with Gasteiger partial charge >= 0.3 is 12.1 Å². The summed E-state index contributed by atoms with van der Waals surface area (Å²) in [6.07, 6.45) is 6.46. The van der Waals surface area contributed by atoms with Crippen molar-refractivity contribution < 1.29 is 19.1 Å². The van der Waals surface area contributed by atoms with Crippen LogP contribution in [-0.4, -0.2) is 46.1 Å². The maximum absolute atomic E-state index is 12.6. The van der Waals surface area contributed by atoms with Gasteiger partial charge in [-0.15, -0.1) is 0 Å². The number of carbonyl (C=O) groups is 2. The molecule has 1 aliphatic heterocycles. The van der Waals surface area contributed by atoms with Gasteiger partial charge in [-0.2, -0.15) is 5.10 Å². The third kappa shape index (κ3) is 6.06. The lowest BCUT2D eigenvalue weighted by atomic mass is 10.0. The summed E-state index contributed by atoms with van der Waals surface area (Å²) in [7, 11) is 1.40. The largest absolute Gasteiger partial charge is 0.469 e. The molecule has 0 aliphatic carbocycles. The van der Waals surface area contributed by atoms with Crippen LogP contribution in [0.15, 0.2) is 24.5 Å². The number of hydrogen-bond donors (Lipinski definition) is 0. The summed E-state index contributed by atoms with van der Waals surface area (Å²) in [5.74, 6) is 0.274. The first-order valence-electron chi connectivity index (χ1n) is 10.7. The predicted octanol–water partition coefficient (Wildman–Crippen LogP) is 3.56. The summed E-state index contributed by atoms with van der Waals surface area (Å²) < 4.78 is 12.2. The van der Waals surface area contributed by atoms with Crippen LogP contribution in [-0.2, 0) is 40.1 Å². The van der Waals surface area contributed by atoms with E-state index in [1.807, 2.05) is 44.6 Å². The normalized spacial score (nSPS) is 14.7. The lowest BCUT2D eigenvalue weighted by molar-refractivity contribution is -0.144. The molecule has 8 heteroatoms. The molecular formula is C23H32N4O4. The van der Waals surface area contributed by atoms with E-state index in [0.717, 1.165) is 29.7 Å². The molecule has 0 spiro atoms. The monoisotopic (exact) mass is 428 g/mol. The van der Waals surface area contributed by atoms with Crippen LogP contribution in [0.1, 0.15) is 50.9 Å².